The largest absolute Gasteiger partial charge is 0.300 e. The van der Waals surface area contributed by atoms with E-state index in [0.29, 0.717) is 18.0 Å². The molecular formula is C17H21FN4O3S3. The van der Waals surface area contributed by atoms with Gasteiger partial charge in [0.05, 0.1) is 4.90 Å². The summed E-state index contributed by atoms with van der Waals surface area (Å²) in [4.78, 5) is 12.5. The number of benzene rings is 1. The van der Waals surface area contributed by atoms with Gasteiger partial charge in [-0.1, -0.05) is 30.0 Å². The van der Waals surface area contributed by atoms with Crippen molar-refractivity contribution in [3.8, 4) is 0 Å². The van der Waals surface area contributed by atoms with Gasteiger partial charge in [-0.15, -0.1) is 10.2 Å². The first-order valence-corrected chi connectivity index (χ1v) is 12.2. The molecule has 11 heteroatoms. The van der Waals surface area contributed by atoms with Crippen molar-refractivity contribution < 1.29 is 17.6 Å². The Morgan fingerprint density at radius 2 is 1.96 bits per heavy atom. The predicted molar refractivity (Wildman–Crippen MR) is 107 cm³/mol. The average molecular weight is 445 g/mol. The summed E-state index contributed by atoms with van der Waals surface area (Å²) in [6, 6.07) is 4.77. The van der Waals surface area contributed by atoms with Crippen LogP contribution in [-0.4, -0.2) is 47.7 Å². The van der Waals surface area contributed by atoms with Crippen LogP contribution < -0.4 is 5.32 Å². The fourth-order valence-electron chi connectivity index (χ4n) is 2.83. The van der Waals surface area contributed by atoms with Crippen molar-refractivity contribution in [1.82, 2.24) is 14.5 Å². The van der Waals surface area contributed by atoms with Crippen LogP contribution in [0.25, 0.3) is 0 Å². The lowest BCUT2D eigenvalue weighted by molar-refractivity contribution is -0.120. The molecule has 0 atom stereocenters. The number of thioether (sulfide) groups is 1. The molecule has 1 aromatic heterocycles. The lowest BCUT2D eigenvalue weighted by Gasteiger charge is -2.30. The Bertz CT molecular complexity index is 910. The molecule has 1 fully saturated rings. The highest BCUT2D eigenvalue weighted by Gasteiger charge is 2.32. The molecule has 7 nitrogen and oxygen atoms in total. The first-order valence-electron chi connectivity index (χ1n) is 8.93. The number of piperidine rings is 1. The summed E-state index contributed by atoms with van der Waals surface area (Å²) in [5.41, 5.74) is 0. The van der Waals surface area contributed by atoms with Crippen molar-refractivity contribution in [3.05, 3.63) is 30.1 Å². The summed E-state index contributed by atoms with van der Waals surface area (Å²) in [6.07, 6.45) is 1.87. The van der Waals surface area contributed by atoms with Crippen LogP contribution in [0.15, 0.2) is 33.5 Å². The number of carbonyl (C=O) groups is 1. The van der Waals surface area contributed by atoms with E-state index in [1.165, 1.54) is 27.8 Å². The zero-order valence-corrected chi connectivity index (χ0v) is 17.7. The number of hydrogen-bond donors (Lipinski definition) is 1. The average Bonchev–Trinajstić information content (AvgIpc) is 3.14. The fraction of sp³-hybridized carbons (Fsp3) is 0.471. The lowest BCUT2D eigenvalue weighted by Crippen LogP contribution is -2.41. The SMILES string of the molecule is CCCSc1nnc(NC(=O)C2CCN(S(=O)(=O)c3ccc(F)cc3)CC2)s1. The highest BCUT2D eigenvalue weighted by molar-refractivity contribution is 8.01. The number of nitrogens with one attached hydrogen (secondary N) is 1. The minimum absolute atomic E-state index is 0.0581. The molecule has 2 heterocycles. The molecule has 1 aliphatic heterocycles. The smallest absolute Gasteiger partial charge is 0.243 e. The minimum atomic E-state index is -3.68. The van der Waals surface area contributed by atoms with Gasteiger partial charge in [0.15, 0.2) is 4.34 Å². The second kappa shape index (κ2) is 9.29. The van der Waals surface area contributed by atoms with Crippen molar-refractivity contribution in [3.63, 3.8) is 0 Å². The van der Waals surface area contributed by atoms with Crippen LogP contribution in [0.4, 0.5) is 9.52 Å². The predicted octanol–water partition coefficient (Wildman–Crippen LogP) is 3.22. The molecule has 1 saturated heterocycles. The Kier molecular flexibility index (Phi) is 7.02. The molecule has 0 saturated carbocycles. The van der Waals surface area contributed by atoms with E-state index in [0.717, 1.165) is 28.6 Å². The number of anilines is 1. The first kappa shape index (κ1) is 21.2. The number of aromatic nitrogens is 2. The van der Waals surface area contributed by atoms with Crippen molar-refractivity contribution in [1.29, 1.82) is 0 Å². The molecule has 0 bridgehead atoms. The molecule has 0 aliphatic carbocycles. The van der Waals surface area contributed by atoms with Gasteiger partial charge in [-0.2, -0.15) is 4.31 Å². The summed E-state index contributed by atoms with van der Waals surface area (Å²) in [5.74, 6) is 0.0171. The minimum Gasteiger partial charge on any atom is -0.300 e. The summed E-state index contributed by atoms with van der Waals surface area (Å²) in [6.45, 7) is 2.57. The Balaban J connectivity index is 1.55. The number of nitrogens with zero attached hydrogens (tertiary/aromatic N) is 3. The number of carbonyl (C=O) groups excluding carboxylic acids is 1. The lowest BCUT2D eigenvalue weighted by atomic mass is 9.97. The van der Waals surface area contributed by atoms with E-state index in [9.17, 15) is 17.6 Å². The highest BCUT2D eigenvalue weighted by Crippen LogP contribution is 2.28. The van der Waals surface area contributed by atoms with Crippen LogP contribution >= 0.6 is 23.1 Å². The molecule has 0 unspecified atom stereocenters. The number of sulfonamides is 1. The van der Waals surface area contributed by atoms with Crippen LogP contribution in [-0.2, 0) is 14.8 Å². The van der Waals surface area contributed by atoms with E-state index >= 15 is 0 Å². The van der Waals surface area contributed by atoms with E-state index in [-0.39, 0.29) is 29.8 Å². The number of amides is 1. The summed E-state index contributed by atoms with van der Waals surface area (Å²) in [5, 5.41) is 11.3. The van der Waals surface area contributed by atoms with Crippen LogP contribution in [0.3, 0.4) is 0 Å². The van der Waals surface area contributed by atoms with E-state index in [2.05, 4.69) is 22.4 Å². The molecule has 1 aliphatic rings. The van der Waals surface area contributed by atoms with Crippen LogP contribution in [0.2, 0.25) is 0 Å². The van der Waals surface area contributed by atoms with Gasteiger partial charge in [0.25, 0.3) is 0 Å². The summed E-state index contributed by atoms with van der Waals surface area (Å²) < 4.78 is 40.5. The molecule has 1 N–H and O–H groups in total. The highest BCUT2D eigenvalue weighted by atomic mass is 32.2. The Morgan fingerprint density at radius 3 is 2.61 bits per heavy atom. The number of halogens is 1. The molecule has 28 heavy (non-hydrogen) atoms. The molecular weight excluding hydrogens is 423 g/mol. The zero-order valence-electron chi connectivity index (χ0n) is 15.3. The van der Waals surface area contributed by atoms with Crippen molar-refractivity contribution in [2.75, 3.05) is 24.2 Å². The summed E-state index contributed by atoms with van der Waals surface area (Å²) >= 11 is 2.94. The summed E-state index contributed by atoms with van der Waals surface area (Å²) in [7, 11) is -3.68. The van der Waals surface area contributed by atoms with Gasteiger partial charge in [-0.25, -0.2) is 12.8 Å². The normalized spacial score (nSPS) is 16.2. The fourth-order valence-corrected chi connectivity index (χ4v) is 5.98. The van der Waals surface area contributed by atoms with Gasteiger partial charge >= 0.3 is 0 Å². The van der Waals surface area contributed by atoms with E-state index in [1.807, 2.05) is 0 Å². The van der Waals surface area contributed by atoms with E-state index < -0.39 is 15.8 Å². The van der Waals surface area contributed by atoms with Gasteiger partial charge in [0.1, 0.15) is 5.82 Å². The van der Waals surface area contributed by atoms with E-state index in [4.69, 9.17) is 0 Å². The standard InChI is InChI=1S/C17H21FN4O3S3/c1-2-11-26-17-21-20-16(27-17)19-15(23)12-7-9-22(10-8-12)28(24,25)14-5-3-13(18)4-6-14/h3-6,12H,2,7-11H2,1H3,(H,19,20,23). The monoisotopic (exact) mass is 444 g/mol. The first-order chi connectivity index (χ1) is 13.4. The molecule has 1 amide bonds. The zero-order chi connectivity index (χ0) is 20.1. The van der Waals surface area contributed by atoms with Crippen LogP contribution in [0.5, 0.6) is 0 Å². The van der Waals surface area contributed by atoms with Crippen molar-refractivity contribution >= 4 is 44.2 Å². The van der Waals surface area contributed by atoms with Gasteiger partial charge in [-0.05, 0) is 43.5 Å². The third-order valence-corrected chi connectivity index (χ3v) is 8.43. The van der Waals surface area contributed by atoms with Crippen LogP contribution in [0, 0.1) is 11.7 Å². The number of rotatable bonds is 7. The maximum Gasteiger partial charge on any atom is 0.243 e. The molecule has 1 aromatic carbocycles. The van der Waals surface area contributed by atoms with E-state index in [1.54, 1.807) is 11.8 Å². The van der Waals surface area contributed by atoms with Crippen molar-refractivity contribution in [2.24, 2.45) is 5.92 Å². The second-order valence-corrected chi connectivity index (χ2v) is 10.6. The van der Waals surface area contributed by atoms with Gasteiger partial charge in [0, 0.05) is 24.8 Å². The number of hydrogen-bond acceptors (Lipinski definition) is 7. The molecule has 2 aromatic rings. The maximum atomic E-state index is 13.0. The van der Waals surface area contributed by atoms with Gasteiger partial charge < -0.3 is 5.32 Å². The van der Waals surface area contributed by atoms with Gasteiger partial charge in [0.2, 0.25) is 21.1 Å². The Labute approximate surface area is 171 Å². The quantitative estimate of drug-likeness (QED) is 0.521. The molecule has 3 rings (SSSR count). The van der Waals surface area contributed by atoms with Crippen molar-refractivity contribution in [2.45, 2.75) is 35.4 Å². The Hall–Kier alpha value is -1.56. The maximum absolute atomic E-state index is 13.0. The third kappa shape index (κ3) is 5.07. The molecule has 152 valence electrons. The molecule has 0 spiro atoms. The van der Waals surface area contributed by atoms with Gasteiger partial charge in [-0.3, -0.25) is 4.79 Å². The third-order valence-electron chi connectivity index (χ3n) is 4.34. The van der Waals surface area contributed by atoms with Crippen LogP contribution in [0.1, 0.15) is 26.2 Å². The Morgan fingerprint density at radius 1 is 1.29 bits per heavy atom. The molecule has 0 radical (unpaired) electrons. The second-order valence-electron chi connectivity index (χ2n) is 6.34. The topological polar surface area (TPSA) is 92.3 Å².